The summed E-state index contributed by atoms with van der Waals surface area (Å²) in [5.74, 6) is 1.53. The predicted molar refractivity (Wildman–Crippen MR) is 128 cm³/mol. The van der Waals surface area contributed by atoms with E-state index in [0.29, 0.717) is 30.3 Å². The third kappa shape index (κ3) is 4.87. The number of pyridine rings is 1. The number of rotatable bonds is 7. The number of aliphatic hydroxyl groups is 1. The Bertz CT molecular complexity index is 1110. The number of nitrogen functional groups attached to an aromatic ring is 1. The summed E-state index contributed by atoms with van der Waals surface area (Å²) >= 11 is 5.18. The molecule has 1 aliphatic rings. The van der Waals surface area contributed by atoms with Crippen LogP contribution in [0.3, 0.4) is 0 Å². The Morgan fingerprint density at radius 3 is 2.84 bits per heavy atom. The van der Waals surface area contributed by atoms with Crippen molar-refractivity contribution in [3.05, 3.63) is 34.9 Å². The highest BCUT2D eigenvalue weighted by Gasteiger charge is 2.23. The number of hydrogen-bond donors (Lipinski definition) is 2. The van der Waals surface area contributed by atoms with E-state index < -0.39 is 6.61 Å². The summed E-state index contributed by atoms with van der Waals surface area (Å²) in [5.41, 5.74) is 7.79. The van der Waals surface area contributed by atoms with E-state index in [2.05, 4.69) is 25.5 Å². The van der Waals surface area contributed by atoms with Gasteiger partial charge in [0.25, 0.3) is 0 Å². The van der Waals surface area contributed by atoms with E-state index in [1.165, 1.54) is 0 Å². The maximum Gasteiger partial charge on any atom is 0.248 e. The van der Waals surface area contributed by atoms with Crippen LogP contribution in [0, 0.1) is 5.92 Å². The number of ether oxygens (including phenoxy) is 1. The molecule has 4 rings (SSSR count). The highest BCUT2D eigenvalue weighted by Crippen LogP contribution is 2.38. The van der Waals surface area contributed by atoms with E-state index >= 15 is 0 Å². The van der Waals surface area contributed by atoms with Gasteiger partial charge in [-0.05, 0) is 65.4 Å². The lowest BCUT2D eigenvalue weighted by Crippen LogP contribution is -2.40. The minimum absolute atomic E-state index is 0.186. The van der Waals surface area contributed by atoms with Gasteiger partial charge in [0.15, 0.2) is 11.0 Å². The molecule has 0 atom stereocenters. The Morgan fingerprint density at radius 1 is 1.34 bits per heavy atom. The van der Waals surface area contributed by atoms with E-state index in [1.807, 2.05) is 24.3 Å². The topological polar surface area (TPSA) is 107 Å². The number of likely N-dealkylation sites (tertiary alicyclic amines) is 1. The standard InChI is InChI=1S/C22H26BrN5O3S/c1-31-15-2-3-16(23)18(12-15)32-22-26-20-17(4-8-25-21(20)24)28(22)11-7-14-5-9-27(10-6-14)19(30)13-29/h2-4,8,12,14,29H,5-7,9-11,13H2,1H3,(H2,24,25). The summed E-state index contributed by atoms with van der Waals surface area (Å²) in [5, 5.41) is 9.93. The molecule has 3 N–H and O–H groups in total. The molecule has 1 fully saturated rings. The summed E-state index contributed by atoms with van der Waals surface area (Å²) in [6.45, 7) is 1.78. The zero-order valence-corrected chi connectivity index (χ0v) is 20.2. The van der Waals surface area contributed by atoms with Gasteiger partial charge in [0.2, 0.25) is 5.91 Å². The number of aryl methyl sites for hydroxylation is 1. The number of nitrogens with zero attached hydrogens (tertiary/aromatic N) is 4. The lowest BCUT2D eigenvalue weighted by molar-refractivity contribution is -0.135. The van der Waals surface area contributed by atoms with Crippen molar-refractivity contribution in [2.45, 2.75) is 35.9 Å². The first kappa shape index (κ1) is 22.9. The number of piperidine rings is 1. The molecule has 0 saturated carbocycles. The number of aromatic nitrogens is 3. The monoisotopic (exact) mass is 519 g/mol. The van der Waals surface area contributed by atoms with Gasteiger partial charge in [-0.15, -0.1) is 0 Å². The molecule has 10 heteroatoms. The fourth-order valence-corrected chi connectivity index (χ4v) is 5.48. The van der Waals surface area contributed by atoms with Crippen molar-refractivity contribution < 1.29 is 14.6 Å². The van der Waals surface area contributed by atoms with Crippen LogP contribution < -0.4 is 10.5 Å². The van der Waals surface area contributed by atoms with Gasteiger partial charge in [-0.25, -0.2) is 9.97 Å². The molecule has 1 aliphatic heterocycles. The number of anilines is 1. The van der Waals surface area contributed by atoms with Crippen LogP contribution in [0.4, 0.5) is 5.82 Å². The smallest absolute Gasteiger partial charge is 0.248 e. The van der Waals surface area contributed by atoms with Crippen molar-refractivity contribution in [2.75, 3.05) is 32.5 Å². The molecular weight excluding hydrogens is 494 g/mol. The second-order valence-electron chi connectivity index (χ2n) is 7.78. The van der Waals surface area contributed by atoms with Crippen molar-refractivity contribution in [1.29, 1.82) is 0 Å². The zero-order chi connectivity index (χ0) is 22.7. The molecular formula is C22H26BrN5O3S. The summed E-state index contributed by atoms with van der Waals surface area (Å²) < 4.78 is 8.55. The molecule has 0 spiro atoms. The molecule has 3 aromatic rings. The largest absolute Gasteiger partial charge is 0.497 e. The molecule has 0 radical (unpaired) electrons. The van der Waals surface area contributed by atoms with Gasteiger partial charge in [-0.1, -0.05) is 11.8 Å². The van der Waals surface area contributed by atoms with Gasteiger partial charge in [0, 0.05) is 35.2 Å². The number of fused-ring (bicyclic) bond motifs is 1. The van der Waals surface area contributed by atoms with Crippen LogP contribution >= 0.6 is 27.7 Å². The molecule has 8 nitrogen and oxygen atoms in total. The summed E-state index contributed by atoms with van der Waals surface area (Å²) in [7, 11) is 1.65. The van der Waals surface area contributed by atoms with Crippen LogP contribution in [0.15, 0.2) is 45.0 Å². The molecule has 0 bridgehead atoms. The molecule has 1 saturated heterocycles. The van der Waals surface area contributed by atoms with Crippen molar-refractivity contribution >= 4 is 50.5 Å². The van der Waals surface area contributed by atoms with E-state index in [1.54, 1.807) is 30.0 Å². The maximum atomic E-state index is 11.7. The molecule has 32 heavy (non-hydrogen) atoms. The Balaban J connectivity index is 1.56. The first-order valence-electron chi connectivity index (χ1n) is 10.5. The van der Waals surface area contributed by atoms with Crippen molar-refractivity contribution in [3.63, 3.8) is 0 Å². The van der Waals surface area contributed by atoms with Gasteiger partial charge in [0.05, 0.1) is 12.6 Å². The van der Waals surface area contributed by atoms with E-state index in [9.17, 15) is 4.79 Å². The second-order valence-corrected chi connectivity index (χ2v) is 9.64. The van der Waals surface area contributed by atoms with Gasteiger partial charge in [-0.2, -0.15) is 0 Å². The Labute approximate surface area is 199 Å². The van der Waals surface area contributed by atoms with Crippen molar-refractivity contribution in [2.24, 2.45) is 5.92 Å². The number of carbonyl (C=O) groups excluding carboxylic acids is 1. The third-order valence-corrected chi connectivity index (χ3v) is 7.87. The summed E-state index contributed by atoms with van der Waals surface area (Å²) in [6.07, 6.45) is 4.56. The average molecular weight is 520 g/mol. The quantitative estimate of drug-likeness (QED) is 0.491. The molecule has 3 heterocycles. The highest BCUT2D eigenvalue weighted by atomic mass is 79.9. The predicted octanol–water partition coefficient (Wildman–Crippen LogP) is 3.56. The van der Waals surface area contributed by atoms with E-state index in [4.69, 9.17) is 20.6 Å². The molecule has 2 aromatic heterocycles. The van der Waals surface area contributed by atoms with E-state index in [-0.39, 0.29) is 5.91 Å². The lowest BCUT2D eigenvalue weighted by Gasteiger charge is -2.31. The highest BCUT2D eigenvalue weighted by molar-refractivity contribution is 9.10. The van der Waals surface area contributed by atoms with Crippen molar-refractivity contribution in [1.82, 2.24) is 19.4 Å². The van der Waals surface area contributed by atoms with Gasteiger partial charge < -0.3 is 25.0 Å². The number of imidazole rings is 1. The van der Waals surface area contributed by atoms with Crippen LogP contribution in [-0.4, -0.2) is 57.3 Å². The number of hydrogen-bond acceptors (Lipinski definition) is 7. The fraction of sp³-hybridized carbons (Fsp3) is 0.409. The number of amides is 1. The van der Waals surface area contributed by atoms with Gasteiger partial charge in [0.1, 0.15) is 17.9 Å². The molecule has 0 aliphatic carbocycles. The van der Waals surface area contributed by atoms with Gasteiger partial charge >= 0.3 is 0 Å². The van der Waals surface area contributed by atoms with Crippen LogP contribution in [-0.2, 0) is 11.3 Å². The first-order valence-corrected chi connectivity index (χ1v) is 12.1. The molecule has 0 unspecified atom stereocenters. The number of nitrogens with two attached hydrogens (primary N) is 1. The Morgan fingerprint density at radius 2 is 2.12 bits per heavy atom. The third-order valence-electron chi connectivity index (χ3n) is 5.86. The normalized spacial score (nSPS) is 14.8. The lowest BCUT2D eigenvalue weighted by atomic mass is 9.93. The average Bonchev–Trinajstić information content (AvgIpc) is 3.17. The first-order chi connectivity index (χ1) is 15.5. The maximum absolute atomic E-state index is 11.7. The SMILES string of the molecule is COc1ccc(Br)c(Sc2nc3c(N)nccc3n2CCC2CCN(C(=O)CO)CC2)c1. The minimum atomic E-state index is -0.415. The Hall–Kier alpha value is -2.30. The number of methoxy groups -OCH3 is 1. The van der Waals surface area contributed by atoms with Gasteiger partial charge in [-0.3, -0.25) is 4.79 Å². The minimum Gasteiger partial charge on any atom is -0.497 e. The summed E-state index contributed by atoms with van der Waals surface area (Å²) in [6, 6.07) is 7.80. The number of halogens is 1. The number of carbonyl (C=O) groups is 1. The molecule has 1 aromatic carbocycles. The summed E-state index contributed by atoms with van der Waals surface area (Å²) in [4.78, 5) is 23.5. The van der Waals surface area contributed by atoms with Crippen LogP contribution in [0.1, 0.15) is 19.3 Å². The second kappa shape index (κ2) is 10.1. The van der Waals surface area contributed by atoms with Crippen LogP contribution in [0.5, 0.6) is 5.75 Å². The molecule has 170 valence electrons. The zero-order valence-electron chi connectivity index (χ0n) is 17.8. The fourth-order valence-electron chi connectivity index (χ4n) is 4.01. The molecule has 1 amide bonds. The van der Waals surface area contributed by atoms with Crippen LogP contribution in [0.25, 0.3) is 11.0 Å². The van der Waals surface area contributed by atoms with E-state index in [0.717, 1.165) is 51.6 Å². The Kier molecular flexibility index (Phi) is 7.22. The van der Waals surface area contributed by atoms with Crippen LogP contribution in [0.2, 0.25) is 0 Å². The number of aliphatic hydroxyl groups excluding tert-OH is 1. The number of benzene rings is 1. The van der Waals surface area contributed by atoms with Crippen molar-refractivity contribution in [3.8, 4) is 5.75 Å².